The van der Waals surface area contributed by atoms with E-state index >= 15 is 0 Å². The Morgan fingerprint density at radius 3 is 0.649 bits per heavy atom. The highest BCUT2D eigenvalue weighted by molar-refractivity contribution is 6.27. The topological polar surface area (TPSA) is 0 Å². The van der Waals surface area contributed by atoms with E-state index in [4.69, 9.17) is 0 Å². The van der Waals surface area contributed by atoms with E-state index in [-0.39, 0.29) is 5.41 Å². The van der Waals surface area contributed by atoms with Gasteiger partial charge in [-0.15, -0.1) is 0 Å². The molecule has 26 aromatic carbocycles. The Labute approximate surface area is 780 Å². The maximum atomic E-state index is 2.42. The minimum Gasteiger partial charge on any atom is -0.0622 e. The fourth-order valence-corrected chi connectivity index (χ4v) is 21.1. The Balaban J connectivity index is 0.000000110. The van der Waals surface area contributed by atoms with Gasteiger partial charge in [0.15, 0.2) is 0 Å². The summed E-state index contributed by atoms with van der Waals surface area (Å²) in [5.41, 5.74) is 26.5. The molecule has 0 fully saturated rings. The quantitative estimate of drug-likeness (QED) is 0.120. The predicted molar refractivity (Wildman–Crippen MR) is 580 cm³/mol. The van der Waals surface area contributed by atoms with Gasteiger partial charge in [-0.3, -0.25) is 0 Å². The molecule has 0 aliphatic heterocycles. The number of benzene rings is 26. The molecule has 0 atom stereocenters. The van der Waals surface area contributed by atoms with Gasteiger partial charge in [0, 0.05) is 0 Å². The molecule has 0 heterocycles. The number of hydrogen-bond donors (Lipinski definition) is 0. The van der Waals surface area contributed by atoms with Crippen molar-refractivity contribution in [2.75, 3.05) is 0 Å². The number of hydrogen-bond acceptors (Lipinski definition) is 0. The molecule has 0 amide bonds. The average Bonchev–Trinajstić information content (AvgIpc) is 0.731. The second kappa shape index (κ2) is 33.9. The van der Waals surface area contributed by atoms with Gasteiger partial charge < -0.3 is 0 Å². The number of rotatable bonds is 10. The van der Waals surface area contributed by atoms with E-state index in [2.05, 4.69) is 524 Å². The first-order valence-electron chi connectivity index (χ1n) is 46.7. The van der Waals surface area contributed by atoms with Crippen molar-refractivity contribution >= 4 is 140 Å². The van der Waals surface area contributed by atoms with Crippen molar-refractivity contribution in [1.82, 2.24) is 0 Å². The minimum absolute atomic E-state index is 0.124. The van der Waals surface area contributed by atoms with Crippen LogP contribution in [-0.4, -0.2) is 0 Å². The molecule has 0 radical (unpaired) electrons. The molecule has 0 aliphatic rings. The zero-order valence-corrected chi connectivity index (χ0v) is 74.9. The summed E-state index contributed by atoms with van der Waals surface area (Å²) in [5.74, 6) is 0. The Morgan fingerprint density at radius 2 is 0.321 bits per heavy atom. The largest absolute Gasteiger partial charge is 0.0622 e. The van der Waals surface area contributed by atoms with Gasteiger partial charge in [0.25, 0.3) is 0 Å². The van der Waals surface area contributed by atoms with Crippen molar-refractivity contribution in [2.24, 2.45) is 0 Å². The lowest BCUT2D eigenvalue weighted by atomic mass is 9.83. The van der Waals surface area contributed by atoms with Crippen LogP contribution < -0.4 is 0 Å². The molecule has 26 rings (SSSR count). The molecule has 0 aliphatic carbocycles. The summed E-state index contributed by atoms with van der Waals surface area (Å²) in [7, 11) is 0. The molecule has 0 nitrogen and oxygen atoms in total. The molecule has 0 spiro atoms. The fourth-order valence-electron chi connectivity index (χ4n) is 21.1. The highest BCUT2D eigenvalue weighted by atomic mass is 14.3. The van der Waals surface area contributed by atoms with Gasteiger partial charge in [0.05, 0.1) is 0 Å². The normalized spacial score (nSPS) is 11.7. The van der Waals surface area contributed by atoms with Crippen LogP contribution in [0, 0.1) is 0 Å². The summed E-state index contributed by atoms with van der Waals surface area (Å²) in [5, 5.41) is 32.9. The van der Waals surface area contributed by atoms with Gasteiger partial charge in [-0.1, -0.05) is 464 Å². The summed E-state index contributed by atoms with van der Waals surface area (Å²) < 4.78 is 0. The van der Waals surface area contributed by atoms with E-state index in [1.807, 2.05) is 0 Å². The van der Waals surface area contributed by atoms with Crippen LogP contribution in [0.3, 0.4) is 0 Å². The summed E-state index contributed by atoms with van der Waals surface area (Å²) in [6.45, 7) is 6.81. The third kappa shape index (κ3) is 14.8. The Bertz CT molecular complexity index is 8950. The Hall–Kier alpha value is -16.9. The number of fused-ring (bicyclic) bond motifs is 13. The van der Waals surface area contributed by atoms with Gasteiger partial charge in [0.2, 0.25) is 0 Å². The van der Waals surface area contributed by atoms with Gasteiger partial charge in [-0.25, -0.2) is 0 Å². The van der Waals surface area contributed by atoms with Crippen LogP contribution in [0.15, 0.2) is 504 Å². The van der Waals surface area contributed by atoms with Crippen LogP contribution in [0.4, 0.5) is 0 Å². The molecule has 134 heavy (non-hydrogen) atoms. The van der Waals surface area contributed by atoms with Gasteiger partial charge >= 0.3 is 0 Å². The third-order valence-electron chi connectivity index (χ3n) is 27.8. The van der Waals surface area contributed by atoms with Crippen LogP contribution in [0.5, 0.6) is 0 Å². The van der Waals surface area contributed by atoms with Crippen molar-refractivity contribution in [3.05, 3.63) is 509 Å². The third-order valence-corrected chi connectivity index (χ3v) is 27.8. The van der Waals surface area contributed by atoms with Crippen molar-refractivity contribution < 1.29 is 0 Å². The van der Waals surface area contributed by atoms with Gasteiger partial charge in [-0.05, 0) is 323 Å². The fraction of sp³-hybridized carbons (Fsp3) is 0.0299. The summed E-state index contributed by atoms with van der Waals surface area (Å²) in [6.07, 6.45) is 0. The molecule has 628 valence electrons. The van der Waals surface area contributed by atoms with E-state index in [1.54, 1.807) is 0 Å². The highest BCUT2D eigenvalue weighted by Gasteiger charge is 2.25. The SMILES string of the molecule is CC(C)(C)c1ccc(-c2ccc3c(-c4ccc5ccccc5c4)c4ccccc4c(-c4ccc5ccccc5c4)c3c2)cc1.c1ccc(-c2c3ccc(-c4ccc5ccccc5c4)cc3c(-c3ccccc3)c3ccc(-c4ccc5ccccc5c4)cc23)cc1.c1ccc2cc(-c3ccc4c(-c5ccc6ccccc6c5)c5ccccc5c(-c5cccc6ccccc56)c4c3)ccc2c1. The van der Waals surface area contributed by atoms with Crippen LogP contribution >= 0.6 is 0 Å². The molecular weight excluding hydrogens is 1610 g/mol. The molecule has 0 bridgehead atoms. The van der Waals surface area contributed by atoms with E-state index in [0.717, 1.165) is 0 Å². The van der Waals surface area contributed by atoms with E-state index in [1.165, 1.54) is 257 Å². The average molecular weight is 1700 g/mol. The van der Waals surface area contributed by atoms with E-state index in [9.17, 15) is 0 Å². The maximum absolute atomic E-state index is 2.42. The van der Waals surface area contributed by atoms with E-state index in [0.29, 0.717) is 0 Å². The first-order valence-corrected chi connectivity index (χ1v) is 46.7. The van der Waals surface area contributed by atoms with Crippen LogP contribution in [0.1, 0.15) is 26.3 Å². The van der Waals surface area contributed by atoms with Crippen molar-refractivity contribution in [1.29, 1.82) is 0 Å². The summed E-state index contributed by atoms with van der Waals surface area (Å²) in [4.78, 5) is 0. The smallest absolute Gasteiger partial charge is 0.00199 e. The predicted octanol–water partition coefficient (Wildman–Crippen LogP) is 38.0. The second-order valence-electron chi connectivity index (χ2n) is 36.8. The molecule has 26 aromatic rings. The monoisotopic (exact) mass is 1700 g/mol. The van der Waals surface area contributed by atoms with Crippen LogP contribution in [-0.2, 0) is 5.41 Å². The minimum atomic E-state index is 0.124. The molecule has 0 unspecified atom stereocenters. The molecule has 0 N–H and O–H groups in total. The van der Waals surface area contributed by atoms with Crippen molar-refractivity contribution in [3.8, 4) is 111 Å². The van der Waals surface area contributed by atoms with Crippen LogP contribution in [0.25, 0.3) is 251 Å². The summed E-state index contributed by atoms with van der Waals surface area (Å²) in [6, 6.07) is 185. The lowest BCUT2D eigenvalue weighted by Crippen LogP contribution is -2.10. The molecular formula is C134H92. The maximum Gasteiger partial charge on any atom is -0.00199 e. The van der Waals surface area contributed by atoms with Crippen molar-refractivity contribution in [3.63, 3.8) is 0 Å². The van der Waals surface area contributed by atoms with Crippen molar-refractivity contribution in [2.45, 2.75) is 26.2 Å². The summed E-state index contributed by atoms with van der Waals surface area (Å²) >= 11 is 0. The molecule has 0 saturated heterocycles. The highest BCUT2D eigenvalue weighted by Crippen LogP contribution is 2.52. The molecule has 0 aromatic heterocycles. The van der Waals surface area contributed by atoms with Gasteiger partial charge in [0.1, 0.15) is 0 Å². The lowest BCUT2D eigenvalue weighted by Gasteiger charge is -2.20. The first-order chi connectivity index (χ1) is 66.0. The van der Waals surface area contributed by atoms with Gasteiger partial charge in [-0.2, -0.15) is 0 Å². The molecule has 0 saturated carbocycles. The first kappa shape index (κ1) is 80.4. The zero-order chi connectivity index (χ0) is 89.3. The Morgan fingerprint density at radius 1 is 0.112 bits per heavy atom. The lowest BCUT2D eigenvalue weighted by molar-refractivity contribution is 0.590. The standard InChI is InChI=1S/C46H30.C44H28.C44H34/c1-3-13-33(14-4-1)45-41-25-23-40(38-22-20-32-12-8-10-18-36(32)28-38)30-44(41)46(34-15-5-2-6-16-34)42-26-24-39(29-43(42)45)37-21-19-31-11-7-9-17-35(31)27-37;1-3-13-32-26-34(22-20-29(32)10-1)35-24-25-41-42(28-35)44(38-19-9-15-31-12-5-6-16-37(31)38)40-18-8-7-17-39(40)43(41)36-23-21-30-11-2-4-14-33(30)27-36;1-44(2,3)37-23-20-31(21-24-37)34-22-25-40-41(28-34)43(36-19-17-30-11-5-7-13-33(30)27-36)39-15-9-8-14-38(39)42(40)35-18-16-29-10-4-6-12-32(29)26-35/h1-30H;1-28H;4-28H,1-3H3. The molecule has 0 heteroatoms. The zero-order valence-electron chi connectivity index (χ0n) is 74.9. The second-order valence-corrected chi connectivity index (χ2v) is 36.8. The van der Waals surface area contributed by atoms with Crippen LogP contribution in [0.2, 0.25) is 0 Å². The Kier molecular flexibility index (Phi) is 20.3. The van der Waals surface area contributed by atoms with E-state index < -0.39 is 0 Å².